The smallest absolute Gasteiger partial charge is 0.225 e. The van der Waals surface area contributed by atoms with Crippen molar-refractivity contribution in [1.82, 2.24) is 5.32 Å². The largest absolute Gasteiger partial charge is 0.491 e. The molecule has 4 nitrogen and oxygen atoms in total. The van der Waals surface area contributed by atoms with Crippen molar-refractivity contribution in [2.24, 2.45) is 0 Å². The number of rotatable bonds is 5. The van der Waals surface area contributed by atoms with Crippen LogP contribution in [0.5, 0.6) is 5.75 Å². The van der Waals surface area contributed by atoms with Crippen LogP contribution in [0.3, 0.4) is 0 Å². The molecule has 0 fully saturated rings. The van der Waals surface area contributed by atoms with Gasteiger partial charge in [-0.15, -0.1) is 0 Å². The van der Waals surface area contributed by atoms with E-state index in [-0.39, 0.29) is 24.5 Å². The number of benzene rings is 2. The summed E-state index contributed by atoms with van der Waals surface area (Å²) in [6.45, 7) is 3.92. The van der Waals surface area contributed by atoms with Gasteiger partial charge in [-0.05, 0) is 31.0 Å². The predicted octanol–water partition coefficient (Wildman–Crippen LogP) is 2.79. The Kier molecular flexibility index (Phi) is 4.86. The molecule has 0 aliphatic heterocycles. The molecule has 0 aromatic heterocycles. The number of aliphatic hydroxyl groups excluding tert-OH is 1. The van der Waals surface area contributed by atoms with E-state index in [0.29, 0.717) is 6.42 Å². The highest BCUT2D eigenvalue weighted by molar-refractivity contribution is 5.80. The first-order chi connectivity index (χ1) is 11.5. The number of hydrogen-bond acceptors (Lipinski definition) is 3. The van der Waals surface area contributed by atoms with Crippen molar-refractivity contribution in [2.45, 2.75) is 44.9 Å². The van der Waals surface area contributed by atoms with Gasteiger partial charge < -0.3 is 15.2 Å². The third-order valence-corrected chi connectivity index (χ3v) is 4.21. The minimum absolute atomic E-state index is 0.0535. The number of nitrogens with one attached hydrogen (secondary N) is 1. The standard InChI is InChI=1S/C20H23NO3/c1-13(2)24-18-10-6-4-8-15(18)12-19(23)21-20-16-9-5-3-7-14(16)11-17(20)22/h3-10,13,17,20,22H,11-12H2,1-2H3,(H,21,23)/t17-,20+/m1/s1. The molecule has 4 heteroatoms. The van der Waals surface area contributed by atoms with Crippen LogP contribution in [-0.2, 0) is 17.6 Å². The number of fused-ring (bicyclic) bond motifs is 1. The molecule has 1 amide bonds. The highest BCUT2D eigenvalue weighted by atomic mass is 16.5. The quantitative estimate of drug-likeness (QED) is 0.889. The van der Waals surface area contributed by atoms with E-state index in [1.807, 2.05) is 62.4 Å². The molecular formula is C20H23NO3. The number of ether oxygens (including phenoxy) is 1. The first kappa shape index (κ1) is 16.5. The molecule has 1 aliphatic rings. The minimum Gasteiger partial charge on any atom is -0.491 e. The number of aliphatic hydroxyl groups is 1. The number of para-hydroxylation sites is 1. The molecule has 3 rings (SSSR count). The molecule has 1 aliphatic carbocycles. The Bertz CT molecular complexity index is 726. The number of carbonyl (C=O) groups excluding carboxylic acids is 1. The van der Waals surface area contributed by atoms with Gasteiger partial charge in [0.25, 0.3) is 0 Å². The van der Waals surface area contributed by atoms with Crippen LogP contribution in [-0.4, -0.2) is 23.2 Å². The fraction of sp³-hybridized carbons (Fsp3) is 0.350. The third-order valence-electron chi connectivity index (χ3n) is 4.21. The molecule has 2 aromatic rings. The molecule has 2 aromatic carbocycles. The Morgan fingerprint density at radius 1 is 1.21 bits per heavy atom. The monoisotopic (exact) mass is 325 g/mol. The van der Waals surface area contributed by atoms with Crippen molar-refractivity contribution in [1.29, 1.82) is 0 Å². The van der Waals surface area contributed by atoms with E-state index in [2.05, 4.69) is 5.32 Å². The molecule has 0 saturated heterocycles. The van der Waals surface area contributed by atoms with Gasteiger partial charge in [-0.1, -0.05) is 42.5 Å². The topological polar surface area (TPSA) is 58.6 Å². The summed E-state index contributed by atoms with van der Waals surface area (Å²) in [7, 11) is 0. The zero-order valence-electron chi connectivity index (χ0n) is 14.0. The Morgan fingerprint density at radius 3 is 2.71 bits per heavy atom. The molecular weight excluding hydrogens is 302 g/mol. The maximum atomic E-state index is 12.5. The van der Waals surface area contributed by atoms with Crippen LogP contribution in [0, 0.1) is 0 Å². The zero-order chi connectivity index (χ0) is 17.1. The van der Waals surface area contributed by atoms with E-state index in [9.17, 15) is 9.90 Å². The Balaban J connectivity index is 1.71. The van der Waals surface area contributed by atoms with Crippen molar-refractivity contribution < 1.29 is 14.6 Å². The highest BCUT2D eigenvalue weighted by Gasteiger charge is 2.31. The molecule has 0 spiro atoms. The maximum absolute atomic E-state index is 12.5. The first-order valence-corrected chi connectivity index (χ1v) is 8.34. The van der Waals surface area contributed by atoms with Gasteiger partial charge in [-0.2, -0.15) is 0 Å². The van der Waals surface area contributed by atoms with Gasteiger partial charge in [0, 0.05) is 12.0 Å². The highest BCUT2D eigenvalue weighted by Crippen LogP contribution is 2.31. The van der Waals surface area contributed by atoms with E-state index in [1.165, 1.54) is 0 Å². The summed E-state index contributed by atoms with van der Waals surface area (Å²) in [6.07, 6.45) is 0.286. The molecule has 0 saturated carbocycles. The van der Waals surface area contributed by atoms with Crippen LogP contribution < -0.4 is 10.1 Å². The van der Waals surface area contributed by atoms with Gasteiger partial charge in [-0.25, -0.2) is 0 Å². The van der Waals surface area contributed by atoms with Crippen LogP contribution in [0.25, 0.3) is 0 Å². The lowest BCUT2D eigenvalue weighted by atomic mass is 10.1. The predicted molar refractivity (Wildman–Crippen MR) is 92.9 cm³/mol. The second-order valence-corrected chi connectivity index (χ2v) is 6.47. The van der Waals surface area contributed by atoms with E-state index >= 15 is 0 Å². The Labute approximate surface area is 142 Å². The summed E-state index contributed by atoms with van der Waals surface area (Å²) in [5.74, 6) is 0.616. The van der Waals surface area contributed by atoms with Gasteiger partial charge in [-0.3, -0.25) is 4.79 Å². The van der Waals surface area contributed by atoms with E-state index in [1.54, 1.807) is 0 Å². The van der Waals surface area contributed by atoms with Crippen molar-refractivity contribution >= 4 is 5.91 Å². The number of carbonyl (C=O) groups is 1. The average Bonchev–Trinajstić information content (AvgIpc) is 2.85. The molecule has 126 valence electrons. The Hall–Kier alpha value is -2.33. The average molecular weight is 325 g/mol. The van der Waals surface area contributed by atoms with Crippen LogP contribution in [0.15, 0.2) is 48.5 Å². The molecule has 0 bridgehead atoms. The first-order valence-electron chi connectivity index (χ1n) is 8.34. The fourth-order valence-corrected chi connectivity index (χ4v) is 3.16. The summed E-state index contributed by atoms with van der Waals surface area (Å²) in [6, 6.07) is 15.1. The third kappa shape index (κ3) is 3.60. The van der Waals surface area contributed by atoms with Gasteiger partial charge in [0.15, 0.2) is 0 Å². The van der Waals surface area contributed by atoms with Crippen molar-refractivity contribution in [3.63, 3.8) is 0 Å². The molecule has 2 atom stereocenters. The van der Waals surface area contributed by atoms with Crippen LogP contribution in [0.1, 0.15) is 36.6 Å². The molecule has 2 N–H and O–H groups in total. The summed E-state index contributed by atoms with van der Waals surface area (Å²) in [5.41, 5.74) is 2.95. The van der Waals surface area contributed by atoms with E-state index in [0.717, 1.165) is 22.4 Å². The van der Waals surface area contributed by atoms with E-state index < -0.39 is 6.10 Å². The van der Waals surface area contributed by atoms with Gasteiger partial charge >= 0.3 is 0 Å². The van der Waals surface area contributed by atoms with Crippen LogP contribution in [0.4, 0.5) is 0 Å². The lowest BCUT2D eigenvalue weighted by Gasteiger charge is -2.19. The second kappa shape index (κ2) is 7.05. The second-order valence-electron chi connectivity index (χ2n) is 6.47. The maximum Gasteiger partial charge on any atom is 0.225 e. The van der Waals surface area contributed by atoms with Gasteiger partial charge in [0.2, 0.25) is 5.91 Å². The fourth-order valence-electron chi connectivity index (χ4n) is 3.16. The lowest BCUT2D eigenvalue weighted by Crippen LogP contribution is -2.34. The van der Waals surface area contributed by atoms with Crippen molar-refractivity contribution in [2.75, 3.05) is 0 Å². The summed E-state index contributed by atoms with van der Waals surface area (Å²) < 4.78 is 5.76. The number of hydrogen-bond donors (Lipinski definition) is 2. The SMILES string of the molecule is CC(C)Oc1ccccc1CC(=O)N[C@H]1c2ccccc2C[C@H]1O. The van der Waals surface area contributed by atoms with Crippen molar-refractivity contribution in [3.05, 3.63) is 65.2 Å². The van der Waals surface area contributed by atoms with Crippen LogP contribution in [0.2, 0.25) is 0 Å². The lowest BCUT2D eigenvalue weighted by molar-refractivity contribution is -0.122. The zero-order valence-corrected chi connectivity index (χ0v) is 14.0. The molecule has 0 radical (unpaired) electrons. The summed E-state index contributed by atoms with van der Waals surface area (Å²) in [5, 5.41) is 13.2. The van der Waals surface area contributed by atoms with E-state index in [4.69, 9.17) is 4.74 Å². The molecule has 0 heterocycles. The molecule has 0 unspecified atom stereocenters. The summed E-state index contributed by atoms with van der Waals surface area (Å²) >= 11 is 0. The minimum atomic E-state index is -0.575. The van der Waals surface area contributed by atoms with Crippen LogP contribution >= 0.6 is 0 Å². The van der Waals surface area contributed by atoms with Gasteiger partial charge in [0.1, 0.15) is 5.75 Å². The van der Waals surface area contributed by atoms with Crippen molar-refractivity contribution in [3.8, 4) is 5.75 Å². The molecule has 24 heavy (non-hydrogen) atoms. The van der Waals surface area contributed by atoms with Gasteiger partial charge in [0.05, 0.1) is 24.7 Å². The number of amides is 1. The summed E-state index contributed by atoms with van der Waals surface area (Å²) in [4.78, 5) is 12.5. The Morgan fingerprint density at radius 2 is 1.92 bits per heavy atom. The normalized spacial score (nSPS) is 19.2.